The third kappa shape index (κ3) is 4.81. The van der Waals surface area contributed by atoms with Crippen molar-refractivity contribution in [1.82, 2.24) is 19.6 Å². The third-order valence-electron chi connectivity index (χ3n) is 4.08. The summed E-state index contributed by atoms with van der Waals surface area (Å²) in [7, 11) is 0. The minimum atomic E-state index is -4.43. The van der Waals surface area contributed by atoms with Crippen molar-refractivity contribution < 1.29 is 27.9 Å². The smallest absolute Gasteiger partial charge is 0.416 e. The van der Waals surface area contributed by atoms with Gasteiger partial charge in [-0.1, -0.05) is 12.1 Å². The first kappa shape index (κ1) is 20.1. The van der Waals surface area contributed by atoms with Crippen LogP contribution >= 0.6 is 0 Å². The van der Waals surface area contributed by atoms with Crippen molar-refractivity contribution in [3.05, 3.63) is 65.6 Å². The van der Waals surface area contributed by atoms with Crippen LogP contribution in [0.1, 0.15) is 34.6 Å². The Kier molecular flexibility index (Phi) is 5.39. The van der Waals surface area contributed by atoms with Gasteiger partial charge in [-0.2, -0.15) is 23.4 Å². The molecular formula is C18H16F3N5O3. The molecule has 0 aliphatic carbocycles. The van der Waals surface area contributed by atoms with Gasteiger partial charge in [0.15, 0.2) is 11.5 Å². The molecule has 0 fully saturated rings. The number of nitrogens with zero attached hydrogens (tertiary/aromatic N) is 4. The molecule has 29 heavy (non-hydrogen) atoms. The molecule has 1 aromatic carbocycles. The Morgan fingerprint density at radius 2 is 1.93 bits per heavy atom. The molecule has 2 heterocycles. The lowest BCUT2D eigenvalue weighted by atomic mass is 10.1. The van der Waals surface area contributed by atoms with Gasteiger partial charge in [-0.05, 0) is 30.7 Å². The average Bonchev–Trinajstić information content (AvgIpc) is 3.30. The number of nitrogens with one attached hydrogen (secondary N) is 1. The number of benzene rings is 1. The van der Waals surface area contributed by atoms with Gasteiger partial charge in [0.1, 0.15) is 6.04 Å². The fourth-order valence-electron chi connectivity index (χ4n) is 2.52. The maximum absolute atomic E-state index is 12.8. The number of hydrogen-bond acceptors (Lipinski definition) is 4. The molecule has 0 saturated carbocycles. The molecule has 1 unspecified atom stereocenters. The molecule has 2 aromatic heterocycles. The summed E-state index contributed by atoms with van der Waals surface area (Å²) in [5, 5.41) is 19.5. The molecule has 8 nitrogen and oxygen atoms in total. The second-order valence-corrected chi connectivity index (χ2v) is 6.25. The van der Waals surface area contributed by atoms with Gasteiger partial charge >= 0.3 is 12.1 Å². The van der Waals surface area contributed by atoms with Crippen molar-refractivity contribution in [1.29, 1.82) is 0 Å². The standard InChI is InChI=1S/C18H16F3N5O3/c1-11(17(28)29)26-8-5-14(23-26)16(27)22-15-6-7-25(24-15)10-12-3-2-4-13(9-12)18(19,20)21/h2-9,11H,10H2,1H3,(H,28,29)(H,22,24,27). The largest absolute Gasteiger partial charge is 0.480 e. The molecular weight excluding hydrogens is 391 g/mol. The van der Waals surface area contributed by atoms with Gasteiger partial charge in [0, 0.05) is 18.5 Å². The van der Waals surface area contributed by atoms with Crippen LogP contribution in [-0.2, 0) is 17.5 Å². The summed E-state index contributed by atoms with van der Waals surface area (Å²) in [5.41, 5.74) is -0.338. The molecule has 0 spiro atoms. The molecule has 0 aliphatic rings. The van der Waals surface area contributed by atoms with Crippen molar-refractivity contribution >= 4 is 17.7 Å². The van der Waals surface area contributed by atoms with Crippen LogP contribution in [0, 0.1) is 0 Å². The summed E-state index contributed by atoms with van der Waals surface area (Å²) in [4.78, 5) is 23.2. The highest BCUT2D eigenvalue weighted by Crippen LogP contribution is 2.29. The summed E-state index contributed by atoms with van der Waals surface area (Å²) in [6, 6.07) is 6.82. The molecule has 0 radical (unpaired) electrons. The Balaban J connectivity index is 1.66. The normalized spacial score (nSPS) is 12.6. The maximum Gasteiger partial charge on any atom is 0.416 e. The van der Waals surface area contributed by atoms with Crippen molar-refractivity contribution in [3.63, 3.8) is 0 Å². The predicted octanol–water partition coefficient (Wildman–Crippen LogP) is 3.04. The molecule has 3 aromatic rings. The van der Waals surface area contributed by atoms with Gasteiger partial charge in [-0.15, -0.1) is 0 Å². The number of anilines is 1. The number of aromatic nitrogens is 4. The highest BCUT2D eigenvalue weighted by molar-refractivity contribution is 6.02. The monoisotopic (exact) mass is 407 g/mol. The highest BCUT2D eigenvalue weighted by atomic mass is 19.4. The van der Waals surface area contributed by atoms with E-state index in [-0.39, 0.29) is 18.1 Å². The molecule has 2 N–H and O–H groups in total. The van der Waals surface area contributed by atoms with E-state index in [9.17, 15) is 22.8 Å². The zero-order valence-corrected chi connectivity index (χ0v) is 15.1. The van der Waals surface area contributed by atoms with Gasteiger partial charge in [0.25, 0.3) is 5.91 Å². The van der Waals surface area contributed by atoms with E-state index in [2.05, 4.69) is 15.5 Å². The van der Waals surface area contributed by atoms with Crippen molar-refractivity contribution in [2.24, 2.45) is 0 Å². The van der Waals surface area contributed by atoms with E-state index in [1.165, 1.54) is 42.2 Å². The highest BCUT2D eigenvalue weighted by Gasteiger charge is 2.30. The van der Waals surface area contributed by atoms with E-state index in [0.717, 1.165) is 16.8 Å². The van der Waals surface area contributed by atoms with Crippen molar-refractivity contribution in [2.75, 3.05) is 5.32 Å². The van der Waals surface area contributed by atoms with Crippen molar-refractivity contribution in [2.45, 2.75) is 25.7 Å². The Morgan fingerprint density at radius 1 is 1.17 bits per heavy atom. The number of carboxylic acid groups (broad SMARTS) is 1. The lowest BCUT2D eigenvalue weighted by Gasteiger charge is -2.08. The van der Waals surface area contributed by atoms with Crippen LogP contribution in [0.2, 0.25) is 0 Å². The summed E-state index contributed by atoms with van der Waals surface area (Å²) < 4.78 is 40.9. The van der Waals surface area contributed by atoms with Gasteiger partial charge < -0.3 is 10.4 Å². The van der Waals surface area contributed by atoms with Crippen LogP contribution in [-0.4, -0.2) is 36.5 Å². The Bertz CT molecular complexity index is 1040. The lowest BCUT2D eigenvalue weighted by Crippen LogP contribution is -2.18. The van der Waals surface area contributed by atoms with Gasteiger partial charge in [-0.3, -0.25) is 14.2 Å². The Morgan fingerprint density at radius 3 is 2.62 bits per heavy atom. The van der Waals surface area contributed by atoms with E-state index < -0.39 is 29.7 Å². The van der Waals surface area contributed by atoms with Gasteiger partial charge in [0.2, 0.25) is 0 Å². The van der Waals surface area contributed by atoms with E-state index in [0.29, 0.717) is 5.56 Å². The van der Waals surface area contributed by atoms with Crippen LogP contribution in [0.3, 0.4) is 0 Å². The SMILES string of the molecule is CC(C(=O)O)n1ccc(C(=O)Nc2ccn(Cc3cccc(C(F)(F)F)c3)n2)n1. The quantitative estimate of drug-likeness (QED) is 0.654. The zero-order valence-electron chi connectivity index (χ0n) is 15.1. The first-order valence-electron chi connectivity index (χ1n) is 8.42. The number of halogens is 3. The summed E-state index contributed by atoms with van der Waals surface area (Å²) >= 11 is 0. The first-order valence-corrected chi connectivity index (χ1v) is 8.42. The second-order valence-electron chi connectivity index (χ2n) is 6.25. The minimum absolute atomic E-state index is 0.00512. The van der Waals surface area contributed by atoms with Crippen molar-refractivity contribution in [3.8, 4) is 0 Å². The van der Waals surface area contributed by atoms with Crippen LogP contribution in [0.5, 0.6) is 0 Å². The number of amides is 1. The van der Waals surface area contributed by atoms with Gasteiger partial charge in [0.05, 0.1) is 12.1 Å². The number of carboxylic acids is 1. The molecule has 3 rings (SSSR count). The third-order valence-corrected chi connectivity index (χ3v) is 4.08. The topological polar surface area (TPSA) is 102 Å². The zero-order chi connectivity index (χ0) is 21.2. The van der Waals surface area contributed by atoms with Gasteiger partial charge in [-0.25, -0.2) is 4.79 Å². The average molecular weight is 407 g/mol. The summed E-state index contributed by atoms with van der Waals surface area (Å²) in [6.45, 7) is 1.51. The van der Waals surface area contributed by atoms with E-state index >= 15 is 0 Å². The van der Waals surface area contributed by atoms with Crippen LogP contribution in [0.15, 0.2) is 48.8 Å². The second kappa shape index (κ2) is 7.78. The molecule has 11 heteroatoms. The molecule has 1 amide bonds. The molecule has 152 valence electrons. The minimum Gasteiger partial charge on any atom is -0.480 e. The van der Waals surface area contributed by atoms with E-state index in [1.807, 2.05) is 0 Å². The fourth-order valence-corrected chi connectivity index (χ4v) is 2.52. The Hall–Kier alpha value is -3.63. The lowest BCUT2D eigenvalue weighted by molar-refractivity contribution is -0.140. The first-order chi connectivity index (χ1) is 13.6. The van der Waals surface area contributed by atoms with E-state index in [1.54, 1.807) is 6.07 Å². The fraction of sp³-hybridized carbons (Fsp3) is 0.222. The number of aliphatic carboxylic acids is 1. The van der Waals surface area contributed by atoms with Crippen LogP contribution in [0.4, 0.5) is 19.0 Å². The molecule has 0 saturated heterocycles. The molecule has 0 aliphatic heterocycles. The number of carbonyl (C=O) groups is 2. The predicted molar refractivity (Wildman–Crippen MR) is 95.3 cm³/mol. The summed E-state index contributed by atoms with van der Waals surface area (Å²) in [6.07, 6.45) is -1.54. The number of alkyl halides is 3. The van der Waals surface area contributed by atoms with E-state index in [4.69, 9.17) is 5.11 Å². The van der Waals surface area contributed by atoms with Crippen LogP contribution < -0.4 is 5.32 Å². The summed E-state index contributed by atoms with van der Waals surface area (Å²) in [5.74, 6) is -1.50. The van der Waals surface area contributed by atoms with Crippen LogP contribution in [0.25, 0.3) is 0 Å². The number of carbonyl (C=O) groups excluding carboxylic acids is 1. The number of hydrogen-bond donors (Lipinski definition) is 2. The molecule has 1 atom stereocenters. The maximum atomic E-state index is 12.8. The molecule has 0 bridgehead atoms. The number of rotatable bonds is 6. The Labute approximate surface area is 162 Å².